The fraction of sp³-hybridized carbons (Fsp3) is 0.650. The molecule has 1 saturated heterocycles. The molecule has 0 bridgehead atoms. The summed E-state index contributed by atoms with van der Waals surface area (Å²) in [5.41, 5.74) is 9.45. The van der Waals surface area contributed by atoms with Crippen molar-refractivity contribution in [3.05, 3.63) is 33.8 Å². The number of aryl methyl sites for hydroxylation is 1. The Morgan fingerprint density at radius 1 is 1.33 bits per heavy atom. The van der Waals surface area contributed by atoms with Crippen molar-refractivity contribution >= 4 is 21.8 Å². The summed E-state index contributed by atoms with van der Waals surface area (Å²) in [5.74, 6) is 0.586. The van der Waals surface area contributed by atoms with Crippen molar-refractivity contribution in [2.45, 2.75) is 64.0 Å². The van der Waals surface area contributed by atoms with Crippen molar-refractivity contribution < 1.29 is 4.79 Å². The summed E-state index contributed by atoms with van der Waals surface area (Å²) in [6, 6.07) is 6.35. The molecule has 2 aliphatic carbocycles. The molecule has 0 aromatic heterocycles. The molecular formula is C20H27BrN2O. The zero-order valence-electron chi connectivity index (χ0n) is 14.4. The molecule has 0 radical (unpaired) electrons. The van der Waals surface area contributed by atoms with Gasteiger partial charge in [-0.05, 0) is 74.0 Å². The minimum atomic E-state index is -0.298. The minimum absolute atomic E-state index is 0.178. The Labute approximate surface area is 153 Å². The van der Waals surface area contributed by atoms with Crippen LogP contribution in [0.4, 0.5) is 0 Å². The van der Waals surface area contributed by atoms with Crippen LogP contribution in [0.1, 0.15) is 62.1 Å². The first kappa shape index (κ1) is 16.6. The van der Waals surface area contributed by atoms with E-state index in [0.29, 0.717) is 11.3 Å². The third-order valence-corrected chi connectivity index (χ3v) is 7.59. The van der Waals surface area contributed by atoms with E-state index in [1.807, 2.05) is 0 Å². The van der Waals surface area contributed by atoms with Gasteiger partial charge in [0.25, 0.3) is 0 Å². The van der Waals surface area contributed by atoms with Crippen LogP contribution in [0.5, 0.6) is 0 Å². The zero-order chi connectivity index (χ0) is 16.9. The number of likely N-dealkylation sites (tertiary alicyclic amines) is 1. The number of hydrogen-bond donors (Lipinski definition) is 1. The maximum absolute atomic E-state index is 13.0. The average Bonchev–Trinajstić information content (AvgIpc) is 2.95. The molecule has 3 aliphatic rings. The Kier molecular flexibility index (Phi) is 4.24. The number of rotatable bonds is 3. The van der Waals surface area contributed by atoms with E-state index in [2.05, 4.69) is 46.0 Å². The second-order valence-electron chi connectivity index (χ2n) is 8.25. The second kappa shape index (κ2) is 6.14. The van der Waals surface area contributed by atoms with E-state index in [4.69, 9.17) is 5.73 Å². The molecule has 24 heavy (non-hydrogen) atoms. The fourth-order valence-corrected chi connectivity index (χ4v) is 5.28. The Bertz CT molecular complexity index is 647. The molecule has 2 saturated carbocycles. The maximum Gasteiger partial charge on any atom is 0.240 e. The summed E-state index contributed by atoms with van der Waals surface area (Å²) >= 11 is 3.56. The minimum Gasteiger partial charge on any atom is -0.334 e. The largest absolute Gasteiger partial charge is 0.334 e. The third-order valence-electron chi connectivity index (χ3n) is 6.70. The summed E-state index contributed by atoms with van der Waals surface area (Å²) in [6.07, 6.45) is 8.56. The molecule has 1 aromatic rings. The molecular weight excluding hydrogens is 364 g/mol. The lowest BCUT2D eigenvalue weighted by atomic mass is 9.50. The molecule has 3 nitrogen and oxygen atoms in total. The van der Waals surface area contributed by atoms with Crippen molar-refractivity contribution in [1.29, 1.82) is 0 Å². The molecule has 3 fully saturated rings. The Morgan fingerprint density at radius 3 is 2.71 bits per heavy atom. The van der Waals surface area contributed by atoms with Gasteiger partial charge >= 0.3 is 0 Å². The fourth-order valence-electron chi connectivity index (χ4n) is 5.04. The highest BCUT2D eigenvalue weighted by atomic mass is 79.9. The number of nitrogens with zero attached hydrogens (tertiary/aromatic N) is 1. The van der Waals surface area contributed by atoms with Gasteiger partial charge in [0.1, 0.15) is 0 Å². The predicted octanol–water partition coefficient (Wildman–Crippen LogP) is 4.33. The Balaban J connectivity index is 1.45. The highest BCUT2D eigenvalue weighted by Gasteiger charge is 2.51. The first-order chi connectivity index (χ1) is 11.5. The van der Waals surface area contributed by atoms with Crippen LogP contribution in [-0.2, 0) is 4.79 Å². The number of nitrogens with two attached hydrogens (primary N) is 1. The van der Waals surface area contributed by atoms with E-state index in [-0.39, 0.29) is 18.0 Å². The molecule has 2 N–H and O–H groups in total. The molecule has 1 heterocycles. The molecule has 4 rings (SSSR count). The van der Waals surface area contributed by atoms with Crippen molar-refractivity contribution in [3.63, 3.8) is 0 Å². The van der Waals surface area contributed by atoms with Crippen molar-refractivity contribution in [2.75, 3.05) is 6.54 Å². The summed E-state index contributed by atoms with van der Waals surface area (Å²) in [7, 11) is 0. The van der Waals surface area contributed by atoms with E-state index in [9.17, 15) is 4.79 Å². The van der Waals surface area contributed by atoms with Gasteiger partial charge in [0.05, 0.1) is 12.1 Å². The van der Waals surface area contributed by atoms with Gasteiger partial charge in [-0.1, -0.05) is 34.5 Å². The van der Waals surface area contributed by atoms with Gasteiger partial charge in [-0.15, -0.1) is 0 Å². The summed E-state index contributed by atoms with van der Waals surface area (Å²) in [6.45, 7) is 2.96. The smallest absolute Gasteiger partial charge is 0.240 e. The van der Waals surface area contributed by atoms with Gasteiger partial charge < -0.3 is 10.6 Å². The van der Waals surface area contributed by atoms with Crippen LogP contribution in [-0.4, -0.2) is 23.4 Å². The second-order valence-corrected chi connectivity index (χ2v) is 9.10. The first-order valence-electron chi connectivity index (χ1n) is 9.31. The summed E-state index contributed by atoms with van der Waals surface area (Å²) < 4.78 is 1.12. The molecule has 1 aromatic carbocycles. The summed E-state index contributed by atoms with van der Waals surface area (Å²) in [4.78, 5) is 15.1. The van der Waals surface area contributed by atoms with Crippen LogP contribution < -0.4 is 5.73 Å². The van der Waals surface area contributed by atoms with Crippen LogP contribution in [0.15, 0.2) is 22.7 Å². The lowest BCUT2D eigenvalue weighted by Gasteiger charge is -2.55. The zero-order valence-corrected chi connectivity index (χ0v) is 16.0. The van der Waals surface area contributed by atoms with Gasteiger partial charge in [-0.3, -0.25) is 4.79 Å². The SMILES string of the molecule is Cc1cc(C2CCCN2C(=O)C(N)C2CC3(CCC3)C2)ccc1Br. The van der Waals surface area contributed by atoms with Crippen molar-refractivity contribution in [2.24, 2.45) is 17.1 Å². The van der Waals surface area contributed by atoms with Gasteiger partial charge in [-0.2, -0.15) is 0 Å². The first-order valence-corrected chi connectivity index (χ1v) is 10.1. The number of hydrogen-bond acceptors (Lipinski definition) is 2. The van der Waals surface area contributed by atoms with Crippen LogP contribution in [0.25, 0.3) is 0 Å². The normalized spacial score (nSPS) is 27.0. The van der Waals surface area contributed by atoms with E-state index < -0.39 is 0 Å². The van der Waals surface area contributed by atoms with Gasteiger partial charge in [-0.25, -0.2) is 0 Å². The van der Waals surface area contributed by atoms with E-state index in [0.717, 1.165) is 23.9 Å². The standard InChI is InChI=1S/C20H27BrN2O/c1-13-10-14(5-6-16(13)21)17-4-2-9-23(17)19(24)18(22)15-11-20(12-15)7-3-8-20/h5-6,10,15,17-18H,2-4,7-9,11-12,22H2,1H3. The molecule has 1 aliphatic heterocycles. The number of carbonyl (C=O) groups excluding carboxylic acids is 1. The number of benzene rings is 1. The monoisotopic (exact) mass is 390 g/mol. The maximum atomic E-state index is 13.0. The lowest BCUT2D eigenvalue weighted by molar-refractivity contribution is -0.139. The number of amides is 1. The van der Waals surface area contributed by atoms with E-state index in [1.165, 1.54) is 43.2 Å². The van der Waals surface area contributed by atoms with Crippen LogP contribution in [0.3, 0.4) is 0 Å². The van der Waals surface area contributed by atoms with Crippen molar-refractivity contribution in [1.82, 2.24) is 4.90 Å². The quantitative estimate of drug-likeness (QED) is 0.834. The van der Waals surface area contributed by atoms with E-state index >= 15 is 0 Å². The van der Waals surface area contributed by atoms with Gasteiger partial charge in [0.2, 0.25) is 5.91 Å². The third kappa shape index (κ3) is 2.72. The average molecular weight is 391 g/mol. The van der Waals surface area contributed by atoms with E-state index in [1.54, 1.807) is 0 Å². The Hall–Kier alpha value is -0.870. The van der Waals surface area contributed by atoms with Gasteiger partial charge in [0, 0.05) is 11.0 Å². The summed E-state index contributed by atoms with van der Waals surface area (Å²) in [5, 5.41) is 0. The van der Waals surface area contributed by atoms with Crippen LogP contribution in [0.2, 0.25) is 0 Å². The van der Waals surface area contributed by atoms with Crippen LogP contribution in [0, 0.1) is 18.3 Å². The topological polar surface area (TPSA) is 46.3 Å². The molecule has 130 valence electrons. The molecule has 4 heteroatoms. The predicted molar refractivity (Wildman–Crippen MR) is 99.6 cm³/mol. The lowest BCUT2D eigenvalue weighted by Crippen LogP contribution is -2.55. The number of carbonyl (C=O) groups is 1. The molecule has 1 amide bonds. The highest BCUT2D eigenvalue weighted by molar-refractivity contribution is 9.10. The number of halogens is 1. The molecule has 2 unspecified atom stereocenters. The van der Waals surface area contributed by atoms with Gasteiger partial charge in [0.15, 0.2) is 0 Å². The highest BCUT2D eigenvalue weighted by Crippen LogP contribution is 2.59. The Morgan fingerprint density at radius 2 is 2.08 bits per heavy atom. The van der Waals surface area contributed by atoms with Crippen LogP contribution >= 0.6 is 15.9 Å². The van der Waals surface area contributed by atoms with Crippen molar-refractivity contribution in [3.8, 4) is 0 Å². The molecule has 1 spiro atoms. The molecule has 2 atom stereocenters.